The van der Waals surface area contributed by atoms with E-state index >= 15 is 0 Å². The molecule has 1 N–H and O–H groups in total. The average Bonchev–Trinajstić information content (AvgIpc) is 3.21. The third kappa shape index (κ3) is 3.35. The summed E-state index contributed by atoms with van der Waals surface area (Å²) in [5.41, 5.74) is 2.72. The number of rotatable bonds is 3. The maximum atomic E-state index is 12.7. The molecule has 8 nitrogen and oxygen atoms in total. The van der Waals surface area contributed by atoms with Gasteiger partial charge in [-0.3, -0.25) is 4.79 Å². The number of piperidine rings is 1. The highest BCUT2D eigenvalue weighted by Crippen LogP contribution is 2.32. The number of hydrogen-bond donors (Lipinski definition) is 1. The molecule has 1 amide bonds. The van der Waals surface area contributed by atoms with Crippen LogP contribution < -0.4 is 19.7 Å². The van der Waals surface area contributed by atoms with Crippen molar-refractivity contribution >= 4 is 11.9 Å². The normalized spacial score (nSPS) is 20.6. The Hall–Kier alpha value is -2.87. The third-order valence-electron chi connectivity index (χ3n) is 5.36. The lowest BCUT2D eigenvalue weighted by atomic mass is 10.0. The predicted octanol–water partition coefficient (Wildman–Crippen LogP) is 1.68. The molecule has 0 unspecified atom stereocenters. The molecule has 146 valence electrons. The highest BCUT2D eigenvalue weighted by atomic mass is 16.7. The second-order valence-electron chi connectivity index (χ2n) is 7.27. The van der Waals surface area contributed by atoms with E-state index in [1.165, 1.54) is 0 Å². The van der Waals surface area contributed by atoms with Gasteiger partial charge in [-0.2, -0.15) is 0 Å². The third-order valence-corrected chi connectivity index (χ3v) is 5.36. The molecule has 5 rings (SSSR count). The monoisotopic (exact) mass is 382 g/mol. The maximum Gasteiger partial charge on any atom is 0.251 e. The number of anilines is 1. The molecule has 1 aromatic carbocycles. The first-order valence-electron chi connectivity index (χ1n) is 9.64. The second kappa shape index (κ2) is 7.27. The summed E-state index contributed by atoms with van der Waals surface area (Å²) in [6.45, 7) is 3.09. The van der Waals surface area contributed by atoms with Crippen molar-refractivity contribution in [2.45, 2.75) is 31.9 Å². The zero-order valence-corrected chi connectivity index (χ0v) is 15.5. The van der Waals surface area contributed by atoms with Crippen LogP contribution in [-0.4, -0.2) is 48.4 Å². The quantitative estimate of drug-likeness (QED) is 0.864. The van der Waals surface area contributed by atoms with E-state index in [1.807, 2.05) is 6.20 Å². The zero-order chi connectivity index (χ0) is 18.9. The number of fused-ring (bicyclic) bond motifs is 2. The van der Waals surface area contributed by atoms with E-state index < -0.39 is 0 Å². The van der Waals surface area contributed by atoms with E-state index in [0.29, 0.717) is 36.8 Å². The number of amides is 1. The van der Waals surface area contributed by atoms with Crippen LogP contribution in [0.5, 0.6) is 11.5 Å². The van der Waals surface area contributed by atoms with E-state index in [0.717, 1.165) is 43.0 Å². The fourth-order valence-electron chi connectivity index (χ4n) is 3.86. The molecule has 1 saturated heterocycles. The minimum atomic E-state index is -0.103. The molecule has 3 aliphatic rings. The van der Waals surface area contributed by atoms with Crippen molar-refractivity contribution in [3.05, 3.63) is 41.2 Å². The van der Waals surface area contributed by atoms with Gasteiger partial charge >= 0.3 is 0 Å². The van der Waals surface area contributed by atoms with Crippen LogP contribution in [0.3, 0.4) is 0 Å². The van der Waals surface area contributed by atoms with Crippen molar-refractivity contribution in [1.29, 1.82) is 0 Å². The summed E-state index contributed by atoms with van der Waals surface area (Å²) >= 11 is 0. The van der Waals surface area contributed by atoms with Crippen molar-refractivity contribution in [2.75, 3.05) is 31.4 Å². The molecule has 0 bridgehead atoms. The minimum absolute atomic E-state index is 0.0506. The number of nitrogens with zero attached hydrogens (tertiary/aromatic N) is 3. The first-order chi connectivity index (χ1) is 13.8. The Morgan fingerprint density at radius 1 is 1.25 bits per heavy atom. The van der Waals surface area contributed by atoms with Crippen LogP contribution in [0.2, 0.25) is 0 Å². The number of benzene rings is 1. The van der Waals surface area contributed by atoms with Crippen molar-refractivity contribution < 1.29 is 19.0 Å². The molecule has 0 saturated carbocycles. The van der Waals surface area contributed by atoms with Gasteiger partial charge in [0.25, 0.3) is 5.91 Å². The molecule has 4 heterocycles. The summed E-state index contributed by atoms with van der Waals surface area (Å²) in [7, 11) is 0. The van der Waals surface area contributed by atoms with Gasteiger partial charge in [-0.1, -0.05) is 0 Å². The summed E-state index contributed by atoms with van der Waals surface area (Å²) in [6.07, 6.45) is 4.61. The molecule has 0 aliphatic carbocycles. The van der Waals surface area contributed by atoms with Gasteiger partial charge in [0.1, 0.15) is 0 Å². The molecular weight excluding hydrogens is 360 g/mol. The Bertz CT molecular complexity index is 904. The molecule has 0 radical (unpaired) electrons. The molecule has 8 heteroatoms. The molecule has 0 spiro atoms. The van der Waals surface area contributed by atoms with Crippen molar-refractivity contribution in [2.24, 2.45) is 0 Å². The van der Waals surface area contributed by atoms with E-state index in [-0.39, 0.29) is 18.7 Å². The van der Waals surface area contributed by atoms with Crippen LogP contribution in [0, 0.1) is 0 Å². The number of ether oxygens (including phenoxy) is 3. The minimum Gasteiger partial charge on any atom is -0.454 e. The summed E-state index contributed by atoms with van der Waals surface area (Å²) in [4.78, 5) is 24.1. The van der Waals surface area contributed by atoms with E-state index in [9.17, 15) is 4.79 Å². The number of carbonyl (C=O) groups excluding carboxylic acids is 1. The van der Waals surface area contributed by atoms with Crippen LogP contribution in [0.15, 0.2) is 24.4 Å². The van der Waals surface area contributed by atoms with Crippen molar-refractivity contribution in [3.63, 3.8) is 0 Å². The molecule has 1 aromatic heterocycles. The van der Waals surface area contributed by atoms with Crippen LogP contribution >= 0.6 is 0 Å². The van der Waals surface area contributed by atoms with Crippen molar-refractivity contribution in [1.82, 2.24) is 15.3 Å². The Kier molecular flexibility index (Phi) is 4.48. The van der Waals surface area contributed by atoms with Crippen LogP contribution in [0.1, 0.15) is 34.5 Å². The van der Waals surface area contributed by atoms with Gasteiger partial charge in [-0.25, -0.2) is 9.97 Å². The first-order valence-corrected chi connectivity index (χ1v) is 9.64. The molecule has 3 aliphatic heterocycles. The lowest BCUT2D eigenvalue weighted by Crippen LogP contribution is -2.48. The Labute approximate surface area is 162 Å². The summed E-state index contributed by atoms with van der Waals surface area (Å²) in [5.74, 6) is 1.93. The van der Waals surface area contributed by atoms with Gasteiger partial charge in [0.2, 0.25) is 12.7 Å². The largest absolute Gasteiger partial charge is 0.454 e. The average molecular weight is 382 g/mol. The molecule has 1 atom stereocenters. The molecular formula is C20H22N4O4. The van der Waals surface area contributed by atoms with Crippen LogP contribution in [-0.2, 0) is 17.8 Å². The predicted molar refractivity (Wildman–Crippen MR) is 101 cm³/mol. The Morgan fingerprint density at radius 3 is 3.14 bits per heavy atom. The molecule has 1 fully saturated rings. The summed E-state index contributed by atoms with van der Waals surface area (Å²) < 4.78 is 16.1. The van der Waals surface area contributed by atoms with Gasteiger partial charge in [-0.15, -0.1) is 0 Å². The molecule has 2 aromatic rings. The van der Waals surface area contributed by atoms with E-state index in [4.69, 9.17) is 19.2 Å². The maximum absolute atomic E-state index is 12.7. The van der Waals surface area contributed by atoms with Gasteiger partial charge < -0.3 is 24.4 Å². The first kappa shape index (κ1) is 17.2. The Balaban J connectivity index is 1.26. The lowest BCUT2D eigenvalue weighted by Gasteiger charge is -2.33. The smallest absolute Gasteiger partial charge is 0.251 e. The van der Waals surface area contributed by atoms with Crippen LogP contribution in [0.4, 0.5) is 5.95 Å². The standard InChI is InChI=1S/C20H22N4O4/c25-19(13-3-4-17-18(8-13)28-12-27-17)22-15-2-1-6-24(10-15)20-21-9-14-11-26-7-5-16(14)23-20/h3-4,8-9,15H,1-2,5-7,10-12H2,(H,22,25)/t15-/m0/s1. The van der Waals surface area contributed by atoms with Gasteiger partial charge in [0, 0.05) is 42.9 Å². The summed E-state index contributed by atoms with van der Waals surface area (Å²) in [5, 5.41) is 3.14. The number of nitrogens with one attached hydrogen (secondary N) is 1. The van der Waals surface area contributed by atoms with Gasteiger partial charge in [0.15, 0.2) is 11.5 Å². The van der Waals surface area contributed by atoms with Gasteiger partial charge in [0.05, 0.1) is 18.9 Å². The number of hydrogen-bond acceptors (Lipinski definition) is 7. The highest BCUT2D eigenvalue weighted by molar-refractivity contribution is 5.95. The lowest BCUT2D eigenvalue weighted by molar-refractivity contribution is 0.0932. The van der Waals surface area contributed by atoms with Crippen LogP contribution in [0.25, 0.3) is 0 Å². The SMILES string of the molecule is O=C(N[C@H]1CCCN(c2ncc3c(n2)CCOC3)C1)c1ccc2c(c1)OCO2. The Morgan fingerprint density at radius 2 is 2.18 bits per heavy atom. The van der Waals surface area contributed by atoms with Gasteiger partial charge in [-0.05, 0) is 31.0 Å². The summed E-state index contributed by atoms with van der Waals surface area (Å²) in [6, 6.07) is 5.31. The zero-order valence-electron chi connectivity index (χ0n) is 15.5. The van der Waals surface area contributed by atoms with E-state index in [2.05, 4.69) is 15.2 Å². The van der Waals surface area contributed by atoms with Crippen molar-refractivity contribution in [3.8, 4) is 11.5 Å². The topological polar surface area (TPSA) is 85.8 Å². The van der Waals surface area contributed by atoms with E-state index in [1.54, 1.807) is 18.2 Å². The number of aromatic nitrogens is 2. The fourth-order valence-corrected chi connectivity index (χ4v) is 3.86. The fraction of sp³-hybridized carbons (Fsp3) is 0.450. The number of carbonyl (C=O) groups is 1. The second-order valence-corrected chi connectivity index (χ2v) is 7.27. The highest BCUT2D eigenvalue weighted by Gasteiger charge is 2.25. The molecule has 28 heavy (non-hydrogen) atoms.